The number of carbonyl (C=O) groups is 1. The van der Waals surface area contributed by atoms with Crippen LogP contribution in [0.5, 0.6) is 5.75 Å². The minimum absolute atomic E-state index is 0.145. The van der Waals surface area contributed by atoms with Gasteiger partial charge in [-0.05, 0) is 82.5 Å². The Hall–Kier alpha value is -3.62. The largest absolute Gasteiger partial charge is 0.489 e. The molecule has 9 heteroatoms. The van der Waals surface area contributed by atoms with Gasteiger partial charge in [-0.25, -0.2) is 9.79 Å². The van der Waals surface area contributed by atoms with Gasteiger partial charge in [-0.2, -0.15) is 0 Å². The minimum Gasteiger partial charge on any atom is -0.489 e. The number of rotatable bonds is 11. The quantitative estimate of drug-likeness (QED) is 0.183. The number of carboxylic acid groups (broad SMARTS) is 1. The Balaban J connectivity index is 1.47. The van der Waals surface area contributed by atoms with Crippen LogP contribution < -0.4 is 4.74 Å². The van der Waals surface area contributed by atoms with E-state index in [0.717, 1.165) is 35.3 Å². The fraction of sp³-hybridized carbons (Fsp3) is 0.387. The second-order valence-electron chi connectivity index (χ2n) is 10.3. The van der Waals surface area contributed by atoms with Crippen LogP contribution in [0.15, 0.2) is 68.9 Å². The summed E-state index contributed by atoms with van der Waals surface area (Å²) >= 11 is 6.32. The van der Waals surface area contributed by atoms with Gasteiger partial charge in [0, 0.05) is 29.6 Å². The summed E-state index contributed by atoms with van der Waals surface area (Å²) in [6, 6.07) is 5.71. The summed E-state index contributed by atoms with van der Waals surface area (Å²) < 4.78 is 11.9. The van der Waals surface area contributed by atoms with Gasteiger partial charge in [0.25, 0.3) is 0 Å². The normalized spacial score (nSPS) is 18.0. The first-order chi connectivity index (χ1) is 19.1. The van der Waals surface area contributed by atoms with Gasteiger partial charge < -0.3 is 24.4 Å². The van der Waals surface area contributed by atoms with Crippen molar-refractivity contribution in [2.45, 2.75) is 64.6 Å². The summed E-state index contributed by atoms with van der Waals surface area (Å²) in [6.45, 7) is 14.4. The summed E-state index contributed by atoms with van der Waals surface area (Å²) in [6.07, 6.45) is 7.85. The molecule has 1 saturated heterocycles. The second kappa shape index (κ2) is 12.3. The highest BCUT2D eigenvalue weighted by Crippen LogP contribution is 2.44. The summed E-state index contributed by atoms with van der Waals surface area (Å²) in [5.74, 6) is 1.31. The zero-order valence-electron chi connectivity index (χ0n) is 23.2. The first-order valence-corrected chi connectivity index (χ1v) is 13.8. The maximum Gasteiger partial charge on any atom is 0.335 e. The predicted molar refractivity (Wildman–Crippen MR) is 156 cm³/mol. The van der Waals surface area contributed by atoms with Gasteiger partial charge in [-0.1, -0.05) is 41.6 Å². The van der Waals surface area contributed by atoms with Gasteiger partial charge in [0.1, 0.15) is 29.6 Å². The summed E-state index contributed by atoms with van der Waals surface area (Å²) in [4.78, 5) is 17.4. The van der Waals surface area contributed by atoms with E-state index in [4.69, 9.17) is 20.9 Å². The van der Waals surface area contributed by atoms with Crippen molar-refractivity contribution in [1.29, 1.82) is 0 Å². The molecule has 1 aliphatic carbocycles. The number of allylic oxidation sites excluding steroid dienone is 4. The van der Waals surface area contributed by atoms with Crippen molar-refractivity contribution in [3.8, 4) is 5.75 Å². The van der Waals surface area contributed by atoms with E-state index in [1.807, 2.05) is 36.9 Å². The highest BCUT2D eigenvalue weighted by Gasteiger charge is 2.36. The second-order valence-corrected chi connectivity index (χ2v) is 10.7. The average molecular weight is 566 g/mol. The Bertz CT molecular complexity index is 1390. The number of aromatic nitrogens is 1. The lowest BCUT2D eigenvalue weighted by Gasteiger charge is -2.40. The molecule has 0 spiro atoms. The number of piperidine rings is 1. The fourth-order valence-corrected chi connectivity index (χ4v) is 5.16. The molecule has 1 saturated carbocycles. The van der Waals surface area contributed by atoms with Gasteiger partial charge >= 0.3 is 5.97 Å². The Morgan fingerprint density at radius 2 is 2.00 bits per heavy atom. The average Bonchev–Trinajstić information content (AvgIpc) is 3.70. The van der Waals surface area contributed by atoms with Gasteiger partial charge in [0.2, 0.25) is 0 Å². The Labute approximate surface area is 240 Å². The number of aryl methyl sites for hydroxylation is 1. The number of aliphatic hydroxyl groups is 1. The van der Waals surface area contributed by atoms with Crippen molar-refractivity contribution in [1.82, 2.24) is 10.1 Å². The van der Waals surface area contributed by atoms with Crippen molar-refractivity contribution >= 4 is 29.9 Å². The SMILES string of the molecule is C=N/C(=C\C(=C/C)C(=O)O)N1CCC(O)(c2ccc(OCc3c(C(=C)/C(Cl)=C\C)noc3C3CC3)cc2C)CC1. The molecule has 2 N–H and O–H groups in total. The smallest absolute Gasteiger partial charge is 0.335 e. The van der Waals surface area contributed by atoms with Crippen LogP contribution in [0.3, 0.4) is 0 Å². The molecule has 212 valence electrons. The van der Waals surface area contributed by atoms with Gasteiger partial charge in [0.05, 0.1) is 16.7 Å². The Kier molecular flexibility index (Phi) is 9.01. The summed E-state index contributed by atoms with van der Waals surface area (Å²) in [7, 11) is 0. The minimum atomic E-state index is -1.02. The zero-order chi connectivity index (χ0) is 29.0. The van der Waals surface area contributed by atoms with Crippen molar-refractivity contribution < 1.29 is 24.3 Å². The molecule has 0 unspecified atom stereocenters. The van der Waals surface area contributed by atoms with Gasteiger partial charge in [-0.15, -0.1) is 0 Å². The molecular weight excluding hydrogens is 530 g/mol. The molecule has 1 aromatic heterocycles. The number of benzene rings is 1. The third-order valence-electron chi connectivity index (χ3n) is 7.60. The fourth-order valence-electron chi connectivity index (χ4n) is 5.08. The van der Waals surface area contributed by atoms with Crippen LogP contribution in [0.4, 0.5) is 0 Å². The lowest BCUT2D eigenvalue weighted by atomic mass is 9.82. The van der Waals surface area contributed by atoms with E-state index in [9.17, 15) is 15.0 Å². The number of carboxylic acids is 1. The predicted octanol–water partition coefficient (Wildman–Crippen LogP) is 6.45. The molecule has 0 bridgehead atoms. The molecule has 40 heavy (non-hydrogen) atoms. The van der Waals surface area contributed by atoms with E-state index >= 15 is 0 Å². The number of ether oxygens (including phenoxy) is 1. The number of aliphatic imine (C=N–C) groups is 1. The first-order valence-electron chi connectivity index (χ1n) is 13.4. The Morgan fingerprint density at radius 3 is 2.55 bits per heavy atom. The summed E-state index contributed by atoms with van der Waals surface area (Å²) in [5, 5.41) is 25.7. The number of nitrogens with zero attached hydrogens (tertiary/aromatic N) is 3. The third-order valence-corrected chi connectivity index (χ3v) is 8.04. The number of hydrogen-bond acceptors (Lipinski definition) is 7. The number of likely N-dealkylation sites (tertiary alicyclic amines) is 1. The molecule has 2 aliphatic rings. The van der Waals surface area contributed by atoms with Gasteiger partial charge in [0.15, 0.2) is 0 Å². The Morgan fingerprint density at radius 1 is 1.30 bits per heavy atom. The third kappa shape index (κ3) is 6.24. The van der Waals surface area contributed by atoms with E-state index in [-0.39, 0.29) is 12.2 Å². The summed E-state index contributed by atoms with van der Waals surface area (Å²) in [5.41, 5.74) is 2.97. The van der Waals surface area contributed by atoms with Crippen LogP contribution in [-0.2, 0) is 17.0 Å². The highest BCUT2D eigenvalue weighted by atomic mass is 35.5. The van der Waals surface area contributed by atoms with Crippen molar-refractivity contribution in [3.05, 3.63) is 87.6 Å². The van der Waals surface area contributed by atoms with Crippen LogP contribution in [0.2, 0.25) is 0 Å². The molecule has 4 rings (SSSR count). The van der Waals surface area contributed by atoms with Crippen LogP contribution in [0.1, 0.15) is 73.6 Å². The van der Waals surface area contributed by atoms with E-state index < -0.39 is 11.6 Å². The van der Waals surface area contributed by atoms with Crippen LogP contribution in [0.25, 0.3) is 5.57 Å². The topological polar surface area (TPSA) is 108 Å². The molecule has 8 nitrogen and oxygen atoms in total. The molecule has 0 atom stereocenters. The van der Waals surface area contributed by atoms with Crippen LogP contribution in [0, 0.1) is 6.92 Å². The molecule has 2 aromatic rings. The molecule has 1 aromatic carbocycles. The maximum atomic E-state index is 11.6. The lowest BCUT2D eigenvalue weighted by Crippen LogP contribution is -2.42. The van der Waals surface area contributed by atoms with Crippen molar-refractivity contribution in [2.75, 3.05) is 13.1 Å². The molecule has 0 amide bonds. The van der Waals surface area contributed by atoms with Crippen LogP contribution >= 0.6 is 11.6 Å². The molecule has 0 radical (unpaired) electrons. The molecule has 1 aliphatic heterocycles. The number of aliphatic carboxylic acids is 1. The van der Waals surface area contributed by atoms with E-state index in [1.165, 1.54) is 12.2 Å². The first kappa shape index (κ1) is 29.4. The number of halogens is 1. The zero-order valence-corrected chi connectivity index (χ0v) is 24.0. The van der Waals surface area contributed by atoms with Crippen molar-refractivity contribution in [3.63, 3.8) is 0 Å². The standard InChI is InChI=1S/C31H36ClN3O5/c1-6-21(30(36)37)17-27(33-5)35-14-12-31(38,13-15-35)25-11-10-23(16-19(25)3)39-18-24-28(20(4)26(32)7-2)34-40-29(24)22-8-9-22/h6-7,10-11,16-17,22,38H,4-5,8-9,12-15,18H2,1-3H3,(H,36,37)/b21-6+,26-7+,27-17+. The van der Waals surface area contributed by atoms with Crippen LogP contribution in [-0.4, -0.2) is 46.0 Å². The molecule has 2 heterocycles. The lowest BCUT2D eigenvalue weighted by molar-refractivity contribution is -0.132. The van der Waals surface area contributed by atoms with Crippen molar-refractivity contribution in [2.24, 2.45) is 4.99 Å². The highest BCUT2D eigenvalue weighted by molar-refractivity contribution is 6.36. The van der Waals surface area contributed by atoms with E-state index in [2.05, 4.69) is 23.4 Å². The monoisotopic (exact) mass is 565 g/mol. The van der Waals surface area contributed by atoms with Gasteiger partial charge in [-0.3, -0.25) is 0 Å². The van der Waals surface area contributed by atoms with E-state index in [1.54, 1.807) is 13.0 Å². The molecular formula is C31H36ClN3O5. The van der Waals surface area contributed by atoms with E-state index in [0.29, 0.717) is 59.7 Å². The molecule has 2 fully saturated rings. The number of hydrogen-bond donors (Lipinski definition) is 2. The maximum absolute atomic E-state index is 11.6.